The van der Waals surface area contributed by atoms with Crippen LogP contribution in [0.3, 0.4) is 0 Å². The average Bonchev–Trinajstić information content (AvgIpc) is 1.85. The SMILES string of the molecule is C[N-]Cc1cc(F)cc(F)c1. The summed E-state index contributed by atoms with van der Waals surface area (Å²) < 4.78 is 24.9. The molecule has 1 nitrogen and oxygen atoms in total. The fourth-order valence-electron chi connectivity index (χ4n) is 0.885. The molecule has 3 heteroatoms. The highest BCUT2D eigenvalue weighted by molar-refractivity contribution is 5.19. The summed E-state index contributed by atoms with van der Waals surface area (Å²) in [7, 11) is 1.60. The Bertz CT molecular complexity index is 228. The van der Waals surface area contributed by atoms with Crippen molar-refractivity contribution >= 4 is 0 Å². The predicted octanol–water partition coefficient (Wildman–Crippen LogP) is 2.47. The Balaban J connectivity index is 2.89. The van der Waals surface area contributed by atoms with Gasteiger partial charge in [-0.3, -0.25) is 0 Å². The van der Waals surface area contributed by atoms with Crippen LogP contribution in [0, 0.1) is 11.6 Å². The maximum Gasteiger partial charge on any atom is 0.126 e. The van der Waals surface area contributed by atoms with E-state index in [1.807, 2.05) is 0 Å². The molecule has 1 aromatic rings. The van der Waals surface area contributed by atoms with Crippen LogP contribution < -0.4 is 0 Å². The summed E-state index contributed by atoms with van der Waals surface area (Å²) in [5.41, 5.74) is 0.560. The Labute approximate surface area is 64.0 Å². The molecular weight excluding hydrogens is 148 g/mol. The Kier molecular flexibility index (Phi) is 2.54. The van der Waals surface area contributed by atoms with Gasteiger partial charge < -0.3 is 5.32 Å². The molecule has 11 heavy (non-hydrogen) atoms. The van der Waals surface area contributed by atoms with Crippen molar-refractivity contribution in [3.8, 4) is 0 Å². The van der Waals surface area contributed by atoms with Crippen molar-refractivity contribution in [1.29, 1.82) is 0 Å². The molecule has 0 aliphatic rings. The topological polar surface area (TPSA) is 14.1 Å². The first-order valence-electron chi connectivity index (χ1n) is 3.23. The molecule has 1 rings (SSSR count). The molecule has 0 radical (unpaired) electrons. The lowest BCUT2D eigenvalue weighted by Crippen LogP contribution is -1.87. The number of benzene rings is 1. The summed E-state index contributed by atoms with van der Waals surface area (Å²) in [6.07, 6.45) is 0. The van der Waals surface area contributed by atoms with E-state index in [4.69, 9.17) is 0 Å². The van der Waals surface area contributed by atoms with Gasteiger partial charge in [0.25, 0.3) is 0 Å². The van der Waals surface area contributed by atoms with Crippen LogP contribution in [0.15, 0.2) is 18.2 Å². The maximum absolute atomic E-state index is 12.5. The monoisotopic (exact) mass is 156 g/mol. The third kappa shape index (κ3) is 2.27. The molecule has 0 fully saturated rings. The predicted molar refractivity (Wildman–Crippen MR) is 39.3 cm³/mol. The van der Waals surface area contributed by atoms with Crippen molar-refractivity contribution in [3.05, 3.63) is 40.7 Å². The molecule has 0 N–H and O–H groups in total. The normalized spacial score (nSPS) is 10.1. The third-order valence-electron chi connectivity index (χ3n) is 1.26. The molecule has 0 aromatic heterocycles. The van der Waals surface area contributed by atoms with Crippen LogP contribution in [0.4, 0.5) is 8.78 Å². The van der Waals surface area contributed by atoms with Gasteiger partial charge in [-0.2, -0.15) is 7.05 Å². The lowest BCUT2D eigenvalue weighted by Gasteiger charge is -2.10. The van der Waals surface area contributed by atoms with Gasteiger partial charge in [0.15, 0.2) is 0 Å². The van der Waals surface area contributed by atoms with Crippen LogP contribution in [0.2, 0.25) is 0 Å². The van der Waals surface area contributed by atoms with E-state index in [1.54, 1.807) is 7.05 Å². The molecule has 0 heterocycles. The minimum absolute atomic E-state index is 0.356. The van der Waals surface area contributed by atoms with Crippen molar-refractivity contribution in [3.63, 3.8) is 0 Å². The number of rotatable bonds is 2. The number of halogens is 2. The number of hydrogen-bond acceptors (Lipinski definition) is 0. The van der Waals surface area contributed by atoms with E-state index >= 15 is 0 Å². The van der Waals surface area contributed by atoms with E-state index in [0.29, 0.717) is 12.1 Å². The van der Waals surface area contributed by atoms with Gasteiger partial charge in [-0.1, -0.05) is 5.56 Å². The second kappa shape index (κ2) is 3.44. The molecule has 0 amide bonds. The van der Waals surface area contributed by atoms with Crippen molar-refractivity contribution in [2.24, 2.45) is 0 Å². The fourth-order valence-corrected chi connectivity index (χ4v) is 0.885. The smallest absolute Gasteiger partial charge is 0.126 e. The third-order valence-corrected chi connectivity index (χ3v) is 1.26. The minimum atomic E-state index is -0.552. The molecule has 0 atom stereocenters. The molecule has 0 spiro atoms. The second-order valence-corrected chi connectivity index (χ2v) is 2.25. The van der Waals surface area contributed by atoms with Gasteiger partial charge in [-0.05, 0) is 12.1 Å². The lowest BCUT2D eigenvalue weighted by molar-refractivity contribution is 0.580. The molecule has 1 aromatic carbocycles. The van der Waals surface area contributed by atoms with Crippen molar-refractivity contribution in [1.82, 2.24) is 0 Å². The zero-order valence-electron chi connectivity index (χ0n) is 6.14. The lowest BCUT2D eigenvalue weighted by atomic mass is 10.2. The van der Waals surface area contributed by atoms with E-state index < -0.39 is 11.6 Å². The molecule has 0 saturated carbocycles. The molecule has 0 saturated heterocycles. The van der Waals surface area contributed by atoms with Crippen molar-refractivity contribution in [2.75, 3.05) is 7.05 Å². The van der Waals surface area contributed by atoms with Gasteiger partial charge in [-0.25, -0.2) is 8.78 Å². The van der Waals surface area contributed by atoms with Gasteiger partial charge in [-0.15, -0.1) is 6.54 Å². The fraction of sp³-hybridized carbons (Fsp3) is 0.250. The van der Waals surface area contributed by atoms with E-state index in [-0.39, 0.29) is 0 Å². The van der Waals surface area contributed by atoms with E-state index in [9.17, 15) is 8.78 Å². The molecule has 0 aliphatic carbocycles. The van der Waals surface area contributed by atoms with Gasteiger partial charge in [0.05, 0.1) is 0 Å². The van der Waals surface area contributed by atoms with Gasteiger partial charge in [0.1, 0.15) is 11.6 Å². The highest BCUT2D eigenvalue weighted by Gasteiger charge is 1.95. The standard InChI is InChI=1S/C8H8F2N/c1-11-5-6-2-7(9)4-8(10)3-6/h2-4H,5H2,1H3/q-1. The Morgan fingerprint density at radius 1 is 1.18 bits per heavy atom. The molecule has 0 bridgehead atoms. The number of nitrogens with zero attached hydrogens (tertiary/aromatic N) is 1. The molecular formula is C8H8F2N-. The van der Waals surface area contributed by atoms with Crippen LogP contribution in [0.25, 0.3) is 5.32 Å². The Hall–Kier alpha value is -0.960. The zero-order chi connectivity index (χ0) is 8.27. The van der Waals surface area contributed by atoms with Gasteiger partial charge in [0.2, 0.25) is 0 Å². The molecule has 60 valence electrons. The average molecular weight is 156 g/mol. The summed E-state index contributed by atoms with van der Waals surface area (Å²) >= 11 is 0. The first kappa shape index (κ1) is 8.14. The van der Waals surface area contributed by atoms with E-state index in [2.05, 4.69) is 5.32 Å². The summed E-state index contributed by atoms with van der Waals surface area (Å²) in [6, 6.07) is 3.39. The van der Waals surface area contributed by atoms with Crippen molar-refractivity contribution < 1.29 is 8.78 Å². The Morgan fingerprint density at radius 3 is 2.18 bits per heavy atom. The van der Waals surface area contributed by atoms with Crippen molar-refractivity contribution in [2.45, 2.75) is 6.54 Å². The van der Waals surface area contributed by atoms with Crippen LogP contribution in [0.1, 0.15) is 5.56 Å². The number of hydrogen-bond donors (Lipinski definition) is 0. The highest BCUT2D eigenvalue weighted by Crippen LogP contribution is 2.09. The maximum atomic E-state index is 12.5. The largest absolute Gasteiger partial charge is 0.661 e. The first-order valence-corrected chi connectivity index (χ1v) is 3.23. The van der Waals surface area contributed by atoms with Crippen LogP contribution in [0.5, 0.6) is 0 Å². The van der Waals surface area contributed by atoms with Crippen LogP contribution >= 0.6 is 0 Å². The van der Waals surface area contributed by atoms with Crippen LogP contribution in [-0.2, 0) is 6.54 Å². The summed E-state index contributed by atoms with van der Waals surface area (Å²) in [5.74, 6) is -1.10. The van der Waals surface area contributed by atoms with Crippen LogP contribution in [-0.4, -0.2) is 7.05 Å². The summed E-state index contributed by atoms with van der Waals surface area (Å²) in [6.45, 7) is 0.356. The second-order valence-electron chi connectivity index (χ2n) is 2.25. The quantitative estimate of drug-likeness (QED) is 0.624. The zero-order valence-corrected chi connectivity index (χ0v) is 6.14. The summed E-state index contributed by atoms with van der Waals surface area (Å²) in [4.78, 5) is 0. The molecule has 0 aliphatic heterocycles. The highest BCUT2D eigenvalue weighted by atomic mass is 19.1. The first-order chi connectivity index (χ1) is 5.22. The minimum Gasteiger partial charge on any atom is -0.661 e. The van der Waals surface area contributed by atoms with E-state index in [0.717, 1.165) is 6.07 Å². The Morgan fingerprint density at radius 2 is 1.73 bits per heavy atom. The van der Waals surface area contributed by atoms with Gasteiger partial charge in [0, 0.05) is 6.07 Å². The summed E-state index contributed by atoms with van der Waals surface area (Å²) in [5, 5.41) is 3.75. The van der Waals surface area contributed by atoms with E-state index in [1.165, 1.54) is 12.1 Å². The molecule has 0 unspecified atom stereocenters. The van der Waals surface area contributed by atoms with Gasteiger partial charge >= 0.3 is 0 Å².